The fraction of sp³-hybridized carbons (Fsp3) is 0.350. The Hall–Kier alpha value is -2.40. The SMILES string of the molecule is CN=C(NCc1ccc(F)cc1)NCC(c1ccc(C)cc1)N(C)C. The standard InChI is InChI=1S/C20H27FN4/c1-15-5-9-17(10-6-15)19(25(3)4)14-24-20(22-2)23-13-16-7-11-18(21)12-8-16/h5-12,19H,13-14H2,1-4H3,(H2,22,23,24). The number of benzene rings is 2. The molecule has 0 spiro atoms. The lowest BCUT2D eigenvalue weighted by atomic mass is 10.0. The van der Waals surface area contributed by atoms with Crippen molar-refractivity contribution in [3.05, 3.63) is 71.0 Å². The molecule has 0 heterocycles. The first-order valence-electron chi connectivity index (χ1n) is 8.41. The van der Waals surface area contributed by atoms with Crippen molar-refractivity contribution in [1.82, 2.24) is 15.5 Å². The molecule has 0 amide bonds. The third-order valence-electron chi connectivity index (χ3n) is 4.15. The van der Waals surface area contributed by atoms with E-state index in [9.17, 15) is 4.39 Å². The molecule has 0 aromatic heterocycles. The molecule has 2 N–H and O–H groups in total. The van der Waals surface area contributed by atoms with Crippen LogP contribution in [-0.4, -0.2) is 38.5 Å². The van der Waals surface area contributed by atoms with Gasteiger partial charge in [0, 0.05) is 20.1 Å². The molecule has 5 heteroatoms. The summed E-state index contributed by atoms with van der Waals surface area (Å²) in [6, 6.07) is 15.3. The summed E-state index contributed by atoms with van der Waals surface area (Å²) in [5.41, 5.74) is 3.52. The van der Waals surface area contributed by atoms with Crippen molar-refractivity contribution in [3.8, 4) is 0 Å². The zero-order valence-corrected chi connectivity index (χ0v) is 15.4. The number of halogens is 1. The summed E-state index contributed by atoms with van der Waals surface area (Å²) in [5.74, 6) is 0.501. The lowest BCUT2D eigenvalue weighted by Gasteiger charge is -2.26. The Morgan fingerprint density at radius 3 is 2.24 bits per heavy atom. The zero-order chi connectivity index (χ0) is 18.2. The van der Waals surface area contributed by atoms with Crippen molar-refractivity contribution in [3.63, 3.8) is 0 Å². The number of rotatable bonds is 6. The average molecular weight is 342 g/mol. The van der Waals surface area contributed by atoms with Gasteiger partial charge >= 0.3 is 0 Å². The third kappa shape index (κ3) is 5.87. The van der Waals surface area contributed by atoms with Crippen molar-refractivity contribution < 1.29 is 4.39 Å². The monoisotopic (exact) mass is 342 g/mol. The van der Waals surface area contributed by atoms with Crippen molar-refractivity contribution in [1.29, 1.82) is 0 Å². The Kier molecular flexibility index (Phi) is 6.95. The van der Waals surface area contributed by atoms with Crippen LogP contribution in [-0.2, 0) is 6.54 Å². The van der Waals surface area contributed by atoms with Gasteiger partial charge in [-0.3, -0.25) is 4.99 Å². The topological polar surface area (TPSA) is 39.7 Å². The van der Waals surface area contributed by atoms with Crippen LogP contribution in [0.5, 0.6) is 0 Å². The van der Waals surface area contributed by atoms with Crippen molar-refractivity contribution >= 4 is 5.96 Å². The summed E-state index contributed by atoms with van der Waals surface area (Å²) in [7, 11) is 5.89. The number of guanidine groups is 1. The van der Waals surface area contributed by atoms with Crippen molar-refractivity contribution in [2.24, 2.45) is 4.99 Å². The van der Waals surface area contributed by atoms with Crippen LogP contribution in [0.2, 0.25) is 0 Å². The molecule has 1 atom stereocenters. The van der Waals surface area contributed by atoms with Crippen LogP contribution in [0.15, 0.2) is 53.5 Å². The number of hydrogen-bond donors (Lipinski definition) is 2. The smallest absolute Gasteiger partial charge is 0.191 e. The predicted octanol–water partition coefficient (Wildman–Crippen LogP) is 3.10. The first-order chi connectivity index (χ1) is 12.0. The number of nitrogens with zero attached hydrogens (tertiary/aromatic N) is 2. The lowest BCUT2D eigenvalue weighted by Crippen LogP contribution is -2.41. The van der Waals surface area contributed by atoms with Crippen molar-refractivity contribution in [2.45, 2.75) is 19.5 Å². The minimum atomic E-state index is -0.224. The van der Waals surface area contributed by atoms with E-state index in [-0.39, 0.29) is 11.9 Å². The molecule has 25 heavy (non-hydrogen) atoms. The molecule has 0 bridgehead atoms. The molecule has 0 aliphatic carbocycles. The van der Waals surface area contributed by atoms with Crippen LogP contribution in [0.3, 0.4) is 0 Å². The second-order valence-corrected chi connectivity index (χ2v) is 6.32. The van der Waals surface area contributed by atoms with E-state index < -0.39 is 0 Å². The second-order valence-electron chi connectivity index (χ2n) is 6.32. The van der Waals surface area contributed by atoms with E-state index in [0.29, 0.717) is 6.54 Å². The van der Waals surface area contributed by atoms with E-state index in [4.69, 9.17) is 0 Å². The molecule has 0 saturated heterocycles. The molecule has 2 aromatic carbocycles. The van der Waals surface area contributed by atoms with Crippen LogP contribution in [0.1, 0.15) is 22.7 Å². The predicted molar refractivity (Wildman–Crippen MR) is 102 cm³/mol. The van der Waals surface area contributed by atoms with Gasteiger partial charge in [0.25, 0.3) is 0 Å². The summed E-state index contributed by atoms with van der Waals surface area (Å²) in [4.78, 5) is 6.45. The highest BCUT2D eigenvalue weighted by molar-refractivity contribution is 5.79. The first-order valence-corrected chi connectivity index (χ1v) is 8.41. The zero-order valence-electron chi connectivity index (χ0n) is 15.4. The summed E-state index contributed by atoms with van der Waals surface area (Å²) in [6.45, 7) is 3.42. The summed E-state index contributed by atoms with van der Waals surface area (Å²) < 4.78 is 13.0. The number of aryl methyl sites for hydroxylation is 1. The molecular weight excluding hydrogens is 315 g/mol. The average Bonchev–Trinajstić information content (AvgIpc) is 2.60. The first kappa shape index (κ1) is 18.9. The molecule has 2 rings (SSSR count). The van der Waals surface area contributed by atoms with E-state index in [1.807, 2.05) is 0 Å². The summed E-state index contributed by atoms with van der Waals surface area (Å²) in [5, 5.41) is 6.63. The number of aliphatic imine (C=N–C) groups is 1. The Bertz CT molecular complexity index is 678. The Morgan fingerprint density at radius 1 is 1.04 bits per heavy atom. The maximum Gasteiger partial charge on any atom is 0.191 e. The van der Waals surface area contributed by atoms with Gasteiger partial charge in [-0.2, -0.15) is 0 Å². The minimum Gasteiger partial charge on any atom is -0.354 e. The highest BCUT2D eigenvalue weighted by Crippen LogP contribution is 2.17. The van der Waals surface area contributed by atoms with E-state index >= 15 is 0 Å². The molecular formula is C20H27FN4. The third-order valence-corrected chi connectivity index (χ3v) is 4.15. The van der Waals surface area contributed by atoms with Gasteiger partial charge in [-0.25, -0.2) is 4.39 Å². The molecule has 134 valence electrons. The van der Waals surface area contributed by atoms with E-state index in [2.05, 4.69) is 65.8 Å². The van der Waals surface area contributed by atoms with Gasteiger partial charge in [0.05, 0.1) is 6.04 Å². The normalized spacial score (nSPS) is 13.0. The Labute approximate surface area is 149 Å². The van der Waals surface area contributed by atoms with Crippen LogP contribution < -0.4 is 10.6 Å². The largest absolute Gasteiger partial charge is 0.354 e. The molecule has 0 saturated carbocycles. The molecule has 0 radical (unpaired) electrons. The molecule has 0 fully saturated rings. The fourth-order valence-corrected chi connectivity index (χ4v) is 2.59. The van der Waals surface area contributed by atoms with Crippen LogP contribution in [0.4, 0.5) is 4.39 Å². The van der Waals surface area contributed by atoms with Gasteiger partial charge in [0.1, 0.15) is 5.82 Å². The van der Waals surface area contributed by atoms with Gasteiger partial charge in [0.2, 0.25) is 0 Å². The highest BCUT2D eigenvalue weighted by Gasteiger charge is 2.14. The van der Waals surface area contributed by atoms with Crippen molar-refractivity contribution in [2.75, 3.05) is 27.7 Å². The quantitative estimate of drug-likeness (QED) is 0.626. The Morgan fingerprint density at radius 2 is 1.68 bits per heavy atom. The molecule has 2 aromatic rings. The van der Waals surface area contributed by atoms with Crippen LogP contribution in [0, 0.1) is 12.7 Å². The number of likely N-dealkylation sites (N-methyl/N-ethyl adjacent to an activating group) is 1. The molecule has 4 nitrogen and oxygen atoms in total. The van der Waals surface area contributed by atoms with Gasteiger partial charge < -0.3 is 15.5 Å². The van der Waals surface area contributed by atoms with Gasteiger partial charge in [0.15, 0.2) is 5.96 Å². The number of hydrogen-bond acceptors (Lipinski definition) is 2. The molecule has 0 aliphatic heterocycles. The Balaban J connectivity index is 1.93. The van der Waals surface area contributed by atoms with E-state index in [1.54, 1.807) is 19.2 Å². The van der Waals surface area contributed by atoms with Gasteiger partial charge in [-0.1, -0.05) is 42.0 Å². The highest BCUT2D eigenvalue weighted by atomic mass is 19.1. The maximum atomic E-state index is 13.0. The minimum absolute atomic E-state index is 0.224. The van der Waals surface area contributed by atoms with Crippen LogP contribution >= 0.6 is 0 Å². The summed E-state index contributed by atoms with van der Waals surface area (Å²) >= 11 is 0. The van der Waals surface area contributed by atoms with Crippen LogP contribution in [0.25, 0.3) is 0 Å². The van der Waals surface area contributed by atoms with E-state index in [1.165, 1.54) is 23.3 Å². The number of nitrogens with one attached hydrogen (secondary N) is 2. The maximum absolute atomic E-state index is 13.0. The lowest BCUT2D eigenvalue weighted by molar-refractivity contribution is 0.298. The molecule has 1 unspecified atom stereocenters. The second kappa shape index (κ2) is 9.18. The summed E-state index contributed by atoms with van der Waals surface area (Å²) in [6.07, 6.45) is 0. The molecule has 0 aliphatic rings. The van der Waals surface area contributed by atoms with Gasteiger partial charge in [-0.05, 0) is 44.3 Å². The van der Waals surface area contributed by atoms with Gasteiger partial charge in [-0.15, -0.1) is 0 Å². The van der Waals surface area contributed by atoms with E-state index in [0.717, 1.165) is 18.1 Å². The fourth-order valence-electron chi connectivity index (χ4n) is 2.59.